The van der Waals surface area contributed by atoms with Crippen LogP contribution in [0.15, 0.2) is 24.3 Å². The predicted octanol–water partition coefficient (Wildman–Crippen LogP) is 3.02. The number of hydrogen-bond acceptors (Lipinski definition) is 5. The van der Waals surface area contributed by atoms with Gasteiger partial charge in [-0.1, -0.05) is 24.3 Å². The van der Waals surface area contributed by atoms with E-state index in [2.05, 4.69) is 36.1 Å². The molecule has 1 N–H and O–H groups in total. The number of benzene rings is 1. The van der Waals surface area contributed by atoms with E-state index in [1.807, 2.05) is 0 Å². The number of carboxylic acid groups (broad SMARTS) is 1. The lowest BCUT2D eigenvalue weighted by molar-refractivity contribution is -0.192. The topological polar surface area (TPSA) is 79.3 Å². The van der Waals surface area contributed by atoms with Crippen molar-refractivity contribution in [3.8, 4) is 0 Å². The molecule has 1 aromatic rings. The van der Waals surface area contributed by atoms with E-state index in [-0.39, 0.29) is 12.0 Å². The van der Waals surface area contributed by atoms with Crippen LogP contribution in [0.5, 0.6) is 0 Å². The first kappa shape index (κ1) is 24.5. The van der Waals surface area contributed by atoms with Crippen LogP contribution in [0, 0.1) is 18.8 Å². The van der Waals surface area contributed by atoms with Crippen LogP contribution in [0.4, 0.5) is 13.2 Å². The molecule has 1 amide bonds. The molecule has 3 atom stereocenters. The average Bonchev–Trinajstić information content (AvgIpc) is 3.40. The standard InChI is InChI=1S/C20H28N2O3.C2HF3O2/c1-15-5-2-3-6-16(15)12-21-9-7-18-17(13-21)14-24-19(18)11-20(23)22-8-4-10-25-22;3-2(4,5)1(6)7/h2-3,5-6,17-19H,4,7-14H2,1H3;(H,6,7)/t17-,18-,19+;/m1./s1. The van der Waals surface area contributed by atoms with Crippen LogP contribution in [0.2, 0.25) is 0 Å². The third-order valence-electron chi connectivity index (χ3n) is 6.18. The highest BCUT2D eigenvalue weighted by Gasteiger charge is 2.42. The highest BCUT2D eigenvalue weighted by Crippen LogP contribution is 2.36. The molecule has 3 aliphatic heterocycles. The number of rotatable bonds is 4. The van der Waals surface area contributed by atoms with Gasteiger partial charge in [0.15, 0.2) is 0 Å². The van der Waals surface area contributed by atoms with Crippen molar-refractivity contribution >= 4 is 11.9 Å². The zero-order chi connectivity index (χ0) is 23.3. The van der Waals surface area contributed by atoms with Crippen molar-refractivity contribution in [3.05, 3.63) is 35.4 Å². The minimum absolute atomic E-state index is 0.0716. The summed E-state index contributed by atoms with van der Waals surface area (Å²) in [6, 6.07) is 8.63. The van der Waals surface area contributed by atoms with Crippen LogP contribution in [0.25, 0.3) is 0 Å². The van der Waals surface area contributed by atoms with Gasteiger partial charge in [-0.15, -0.1) is 0 Å². The number of fused-ring (bicyclic) bond motifs is 1. The fraction of sp³-hybridized carbons (Fsp3) is 0.636. The van der Waals surface area contributed by atoms with Crippen LogP contribution < -0.4 is 0 Å². The number of hydroxylamine groups is 2. The number of aliphatic carboxylic acids is 1. The van der Waals surface area contributed by atoms with Gasteiger partial charge in [0.25, 0.3) is 0 Å². The summed E-state index contributed by atoms with van der Waals surface area (Å²) in [5.74, 6) is -1.60. The zero-order valence-electron chi connectivity index (χ0n) is 18.0. The number of nitrogens with zero attached hydrogens (tertiary/aromatic N) is 2. The first-order valence-corrected chi connectivity index (χ1v) is 10.8. The SMILES string of the molecule is Cc1ccccc1CN1CC[C@@H]2[C@@H](CO[C@H]2CC(=O)N2CCCO2)C1.O=C(O)C(F)(F)F. The van der Waals surface area contributed by atoms with E-state index in [9.17, 15) is 18.0 Å². The van der Waals surface area contributed by atoms with Crippen LogP contribution in [-0.4, -0.2) is 72.1 Å². The average molecular weight is 458 g/mol. The van der Waals surface area contributed by atoms with E-state index in [1.54, 1.807) is 0 Å². The second-order valence-corrected chi connectivity index (χ2v) is 8.44. The minimum atomic E-state index is -5.08. The largest absolute Gasteiger partial charge is 0.490 e. The molecule has 0 aromatic heterocycles. The van der Waals surface area contributed by atoms with E-state index >= 15 is 0 Å². The van der Waals surface area contributed by atoms with Crippen molar-refractivity contribution < 1.29 is 37.4 Å². The zero-order valence-corrected chi connectivity index (χ0v) is 18.0. The maximum atomic E-state index is 12.3. The van der Waals surface area contributed by atoms with Crippen molar-refractivity contribution in [1.82, 2.24) is 9.96 Å². The smallest absolute Gasteiger partial charge is 0.475 e. The molecule has 3 heterocycles. The monoisotopic (exact) mass is 458 g/mol. The highest BCUT2D eigenvalue weighted by molar-refractivity contribution is 5.75. The number of alkyl halides is 3. The van der Waals surface area contributed by atoms with Gasteiger partial charge in [-0.2, -0.15) is 13.2 Å². The van der Waals surface area contributed by atoms with Gasteiger partial charge < -0.3 is 9.84 Å². The number of aryl methyl sites for hydroxylation is 1. The quantitative estimate of drug-likeness (QED) is 0.747. The fourth-order valence-corrected chi connectivity index (χ4v) is 4.46. The highest BCUT2D eigenvalue weighted by atomic mass is 19.4. The minimum Gasteiger partial charge on any atom is -0.475 e. The summed E-state index contributed by atoms with van der Waals surface area (Å²) >= 11 is 0. The van der Waals surface area contributed by atoms with Crippen LogP contribution in [0.1, 0.15) is 30.4 Å². The molecule has 3 saturated heterocycles. The number of ether oxygens (including phenoxy) is 1. The third-order valence-corrected chi connectivity index (χ3v) is 6.18. The summed E-state index contributed by atoms with van der Waals surface area (Å²) in [6.07, 6.45) is -2.48. The number of likely N-dealkylation sites (tertiary alicyclic amines) is 1. The summed E-state index contributed by atoms with van der Waals surface area (Å²) < 4.78 is 37.8. The molecule has 0 saturated carbocycles. The Morgan fingerprint density at radius 1 is 1.22 bits per heavy atom. The van der Waals surface area contributed by atoms with Gasteiger partial charge in [0, 0.05) is 19.0 Å². The Morgan fingerprint density at radius 3 is 2.56 bits per heavy atom. The van der Waals surface area contributed by atoms with Gasteiger partial charge in [0.2, 0.25) is 5.91 Å². The molecule has 1 aromatic carbocycles. The molecule has 4 rings (SSSR count). The molecule has 10 heteroatoms. The summed E-state index contributed by atoms with van der Waals surface area (Å²) in [7, 11) is 0. The lowest BCUT2D eigenvalue weighted by atomic mass is 9.83. The lowest BCUT2D eigenvalue weighted by Gasteiger charge is -2.36. The van der Waals surface area contributed by atoms with Gasteiger partial charge in [-0.25, -0.2) is 9.86 Å². The Hall–Kier alpha value is -2.17. The van der Waals surface area contributed by atoms with Gasteiger partial charge in [0.1, 0.15) is 0 Å². The van der Waals surface area contributed by atoms with Crippen molar-refractivity contribution in [1.29, 1.82) is 0 Å². The summed E-state index contributed by atoms with van der Waals surface area (Å²) in [5.41, 5.74) is 2.78. The molecule has 0 aliphatic carbocycles. The Balaban J connectivity index is 0.000000360. The van der Waals surface area contributed by atoms with E-state index in [0.29, 0.717) is 24.9 Å². The van der Waals surface area contributed by atoms with E-state index < -0.39 is 12.1 Å². The van der Waals surface area contributed by atoms with Crippen LogP contribution >= 0.6 is 0 Å². The Bertz CT molecular complexity index is 798. The number of carbonyl (C=O) groups excluding carboxylic acids is 1. The van der Waals surface area contributed by atoms with Gasteiger partial charge >= 0.3 is 12.1 Å². The second kappa shape index (κ2) is 10.6. The normalized spacial score (nSPS) is 25.8. The Labute approximate surface area is 185 Å². The molecule has 32 heavy (non-hydrogen) atoms. The van der Waals surface area contributed by atoms with Crippen LogP contribution in [0.3, 0.4) is 0 Å². The molecule has 0 radical (unpaired) electrons. The molecule has 3 fully saturated rings. The number of carbonyl (C=O) groups is 2. The fourth-order valence-electron chi connectivity index (χ4n) is 4.46. The lowest BCUT2D eigenvalue weighted by Crippen LogP contribution is -2.42. The molecule has 7 nitrogen and oxygen atoms in total. The molecule has 0 bridgehead atoms. The molecule has 0 spiro atoms. The molecular weight excluding hydrogens is 429 g/mol. The maximum Gasteiger partial charge on any atom is 0.490 e. The van der Waals surface area contributed by atoms with Gasteiger partial charge in [-0.3, -0.25) is 14.5 Å². The Morgan fingerprint density at radius 2 is 1.94 bits per heavy atom. The second-order valence-electron chi connectivity index (χ2n) is 8.44. The number of halogens is 3. The van der Waals surface area contributed by atoms with Crippen molar-refractivity contribution in [2.24, 2.45) is 11.8 Å². The molecular formula is C22H29F3N2O5. The number of hydrogen-bond donors (Lipinski definition) is 1. The van der Waals surface area contributed by atoms with Gasteiger partial charge in [-0.05, 0) is 43.4 Å². The Kier molecular flexibility index (Phi) is 8.13. The summed E-state index contributed by atoms with van der Waals surface area (Å²) in [5, 5.41) is 8.66. The van der Waals surface area contributed by atoms with E-state index in [0.717, 1.165) is 45.6 Å². The number of carboxylic acids is 1. The van der Waals surface area contributed by atoms with E-state index in [4.69, 9.17) is 19.5 Å². The first-order valence-electron chi connectivity index (χ1n) is 10.8. The summed E-state index contributed by atoms with van der Waals surface area (Å²) in [6.45, 7) is 7.53. The maximum absolute atomic E-state index is 12.3. The van der Waals surface area contributed by atoms with Crippen molar-refractivity contribution in [2.45, 2.75) is 45.0 Å². The molecule has 178 valence electrons. The van der Waals surface area contributed by atoms with E-state index in [1.165, 1.54) is 16.2 Å². The van der Waals surface area contributed by atoms with Crippen molar-refractivity contribution in [2.75, 3.05) is 32.8 Å². The summed E-state index contributed by atoms with van der Waals surface area (Å²) in [4.78, 5) is 29.1. The number of piperidine rings is 1. The number of amides is 1. The third kappa shape index (κ3) is 6.43. The first-order chi connectivity index (χ1) is 15.1. The predicted molar refractivity (Wildman–Crippen MR) is 108 cm³/mol. The van der Waals surface area contributed by atoms with Crippen molar-refractivity contribution in [3.63, 3.8) is 0 Å². The molecule has 3 aliphatic rings. The molecule has 0 unspecified atom stereocenters. The van der Waals surface area contributed by atoms with Crippen LogP contribution in [-0.2, 0) is 25.7 Å². The van der Waals surface area contributed by atoms with Gasteiger partial charge in [0.05, 0.1) is 32.3 Å².